The second kappa shape index (κ2) is 9.58. The van der Waals surface area contributed by atoms with Crippen LogP contribution in [0.15, 0.2) is 42.7 Å². The third kappa shape index (κ3) is 4.83. The van der Waals surface area contributed by atoms with Crippen molar-refractivity contribution in [1.82, 2.24) is 25.5 Å². The normalized spacial score (nSPS) is 11.2. The van der Waals surface area contributed by atoms with Gasteiger partial charge in [-0.1, -0.05) is 37.6 Å². The van der Waals surface area contributed by atoms with Crippen molar-refractivity contribution >= 4 is 28.4 Å². The number of para-hydroxylation sites is 1. The second-order valence-electron chi connectivity index (χ2n) is 8.26. The molecule has 170 valence electrons. The van der Waals surface area contributed by atoms with Crippen molar-refractivity contribution in [3.63, 3.8) is 0 Å². The minimum absolute atomic E-state index is 0.0430. The van der Waals surface area contributed by atoms with Crippen LogP contribution in [-0.4, -0.2) is 26.1 Å². The molecule has 0 aliphatic rings. The van der Waals surface area contributed by atoms with E-state index in [0.717, 1.165) is 39.0 Å². The molecule has 0 radical (unpaired) electrons. The SMILES string of the molecule is Cc1cc(-c2n[nH]cc2C)c2cccc(OCc3c(Cl)ccnc3CNC(=O)C(C)C)c2n1. The molecule has 2 N–H and O–H groups in total. The van der Waals surface area contributed by atoms with E-state index in [1.54, 1.807) is 12.3 Å². The summed E-state index contributed by atoms with van der Waals surface area (Å²) >= 11 is 6.47. The predicted molar refractivity (Wildman–Crippen MR) is 129 cm³/mol. The summed E-state index contributed by atoms with van der Waals surface area (Å²) in [6.07, 6.45) is 3.51. The summed E-state index contributed by atoms with van der Waals surface area (Å²) in [5.74, 6) is 0.488. The Morgan fingerprint density at radius 3 is 2.79 bits per heavy atom. The topological polar surface area (TPSA) is 92.8 Å². The summed E-state index contributed by atoms with van der Waals surface area (Å²) in [5.41, 5.74) is 5.98. The maximum atomic E-state index is 12.0. The highest BCUT2D eigenvalue weighted by atomic mass is 35.5. The summed E-state index contributed by atoms with van der Waals surface area (Å²) in [4.78, 5) is 21.2. The largest absolute Gasteiger partial charge is 0.486 e. The molecule has 0 saturated carbocycles. The minimum atomic E-state index is -0.110. The van der Waals surface area contributed by atoms with Crippen LogP contribution in [0.1, 0.15) is 36.4 Å². The average Bonchev–Trinajstić information content (AvgIpc) is 3.21. The Kier molecular flexibility index (Phi) is 6.60. The third-order valence-electron chi connectivity index (χ3n) is 5.43. The molecule has 1 amide bonds. The molecule has 0 saturated heterocycles. The standard InChI is InChI=1S/C25H26ClN5O2/c1-14(2)25(32)28-12-21-19(20(26)8-9-27-21)13-33-22-7-5-6-17-18(10-16(4)30-24(17)22)23-15(3)11-29-31-23/h5-11,14H,12-13H2,1-4H3,(H,28,32)(H,29,31). The Hall–Kier alpha value is -3.45. The van der Waals surface area contributed by atoms with Crippen LogP contribution < -0.4 is 10.1 Å². The van der Waals surface area contributed by atoms with Gasteiger partial charge in [-0.15, -0.1) is 0 Å². The van der Waals surface area contributed by atoms with Crippen LogP contribution in [0, 0.1) is 19.8 Å². The van der Waals surface area contributed by atoms with Gasteiger partial charge in [0.1, 0.15) is 17.9 Å². The number of rotatable bonds is 7. The first-order valence-electron chi connectivity index (χ1n) is 10.8. The number of fused-ring (bicyclic) bond motifs is 1. The zero-order valence-electron chi connectivity index (χ0n) is 19.1. The number of carbonyl (C=O) groups is 1. The molecule has 3 aromatic heterocycles. The van der Waals surface area contributed by atoms with E-state index in [2.05, 4.69) is 20.5 Å². The van der Waals surface area contributed by atoms with Crippen molar-refractivity contribution in [3.8, 4) is 17.0 Å². The number of benzene rings is 1. The first-order chi connectivity index (χ1) is 15.8. The Labute approximate surface area is 197 Å². The average molecular weight is 464 g/mol. The van der Waals surface area contributed by atoms with Crippen LogP contribution in [0.5, 0.6) is 5.75 Å². The third-order valence-corrected chi connectivity index (χ3v) is 5.79. The molecule has 0 spiro atoms. The van der Waals surface area contributed by atoms with Crippen LogP contribution in [0.2, 0.25) is 5.02 Å². The molecule has 8 heteroatoms. The Morgan fingerprint density at radius 2 is 2.06 bits per heavy atom. The maximum absolute atomic E-state index is 12.0. The van der Waals surface area contributed by atoms with Crippen LogP contribution in [0.4, 0.5) is 0 Å². The van der Waals surface area contributed by atoms with Crippen LogP contribution in [-0.2, 0) is 17.9 Å². The highest BCUT2D eigenvalue weighted by Crippen LogP contribution is 2.34. The first kappa shape index (κ1) is 22.7. The van der Waals surface area contributed by atoms with E-state index in [-0.39, 0.29) is 25.0 Å². The van der Waals surface area contributed by atoms with Gasteiger partial charge in [0.05, 0.1) is 23.0 Å². The number of H-pyrrole nitrogens is 1. The molecular formula is C25H26ClN5O2. The van der Waals surface area contributed by atoms with Gasteiger partial charge in [-0.3, -0.25) is 14.9 Å². The number of carbonyl (C=O) groups excluding carboxylic acids is 1. The van der Waals surface area contributed by atoms with E-state index in [9.17, 15) is 4.79 Å². The van der Waals surface area contributed by atoms with Gasteiger partial charge in [0.15, 0.2) is 0 Å². The Bertz CT molecular complexity index is 1320. The lowest BCUT2D eigenvalue weighted by molar-refractivity contribution is -0.124. The summed E-state index contributed by atoms with van der Waals surface area (Å²) in [5, 5.41) is 11.7. The number of aryl methyl sites for hydroxylation is 2. The van der Waals surface area contributed by atoms with Crippen molar-refractivity contribution in [2.24, 2.45) is 5.92 Å². The number of hydrogen-bond acceptors (Lipinski definition) is 5. The van der Waals surface area contributed by atoms with E-state index in [4.69, 9.17) is 21.3 Å². The Balaban J connectivity index is 1.66. The molecule has 0 bridgehead atoms. The van der Waals surface area contributed by atoms with Gasteiger partial charge in [0.2, 0.25) is 5.91 Å². The lowest BCUT2D eigenvalue weighted by atomic mass is 10.0. The van der Waals surface area contributed by atoms with Gasteiger partial charge in [0, 0.05) is 40.5 Å². The molecular weight excluding hydrogens is 438 g/mol. The number of nitrogens with zero attached hydrogens (tertiary/aromatic N) is 3. The number of amides is 1. The quantitative estimate of drug-likeness (QED) is 0.395. The number of nitrogens with one attached hydrogen (secondary N) is 2. The zero-order valence-corrected chi connectivity index (χ0v) is 19.8. The fraction of sp³-hybridized carbons (Fsp3) is 0.280. The van der Waals surface area contributed by atoms with Crippen molar-refractivity contribution in [1.29, 1.82) is 0 Å². The van der Waals surface area contributed by atoms with Crippen LogP contribution in [0.3, 0.4) is 0 Å². The van der Waals surface area contributed by atoms with Crippen LogP contribution >= 0.6 is 11.6 Å². The molecule has 0 atom stereocenters. The highest BCUT2D eigenvalue weighted by molar-refractivity contribution is 6.31. The number of pyridine rings is 2. The predicted octanol–water partition coefficient (Wildman–Crippen LogP) is 5.14. The second-order valence-corrected chi connectivity index (χ2v) is 8.67. The molecule has 3 heterocycles. The van der Waals surface area contributed by atoms with Gasteiger partial charge in [-0.25, -0.2) is 4.98 Å². The summed E-state index contributed by atoms with van der Waals surface area (Å²) in [6, 6.07) is 9.60. The molecule has 0 unspecified atom stereocenters. The number of hydrogen-bond donors (Lipinski definition) is 2. The van der Waals surface area contributed by atoms with Gasteiger partial charge in [-0.05, 0) is 37.6 Å². The fourth-order valence-corrected chi connectivity index (χ4v) is 3.84. The summed E-state index contributed by atoms with van der Waals surface area (Å²) in [6.45, 7) is 8.15. The smallest absolute Gasteiger partial charge is 0.222 e. The summed E-state index contributed by atoms with van der Waals surface area (Å²) in [7, 11) is 0. The van der Waals surface area contributed by atoms with Gasteiger partial charge in [0.25, 0.3) is 0 Å². The van der Waals surface area contributed by atoms with E-state index in [0.29, 0.717) is 16.5 Å². The number of aromatic amines is 1. The Morgan fingerprint density at radius 1 is 1.24 bits per heavy atom. The lowest BCUT2D eigenvalue weighted by Crippen LogP contribution is -2.28. The first-order valence-corrected chi connectivity index (χ1v) is 11.2. The van der Waals surface area contributed by atoms with Gasteiger partial charge >= 0.3 is 0 Å². The van der Waals surface area contributed by atoms with E-state index in [1.807, 2.05) is 58.2 Å². The van der Waals surface area contributed by atoms with E-state index >= 15 is 0 Å². The monoisotopic (exact) mass is 463 g/mol. The van der Waals surface area contributed by atoms with Crippen LogP contribution in [0.25, 0.3) is 22.2 Å². The zero-order chi connectivity index (χ0) is 23.5. The highest BCUT2D eigenvalue weighted by Gasteiger charge is 2.16. The molecule has 4 aromatic rings. The van der Waals surface area contributed by atoms with Crippen molar-refractivity contribution < 1.29 is 9.53 Å². The number of aromatic nitrogens is 4. The maximum Gasteiger partial charge on any atom is 0.222 e. The molecule has 0 fully saturated rings. The van der Waals surface area contributed by atoms with Gasteiger partial charge in [-0.2, -0.15) is 5.10 Å². The molecule has 0 aliphatic heterocycles. The minimum Gasteiger partial charge on any atom is -0.486 e. The van der Waals surface area contributed by atoms with Crippen molar-refractivity contribution in [3.05, 3.63) is 70.3 Å². The van der Waals surface area contributed by atoms with Crippen molar-refractivity contribution in [2.45, 2.75) is 40.8 Å². The molecule has 7 nitrogen and oxygen atoms in total. The number of halogens is 1. The van der Waals surface area contributed by atoms with E-state index < -0.39 is 0 Å². The molecule has 4 rings (SSSR count). The summed E-state index contributed by atoms with van der Waals surface area (Å²) < 4.78 is 6.21. The molecule has 33 heavy (non-hydrogen) atoms. The van der Waals surface area contributed by atoms with E-state index in [1.165, 1.54) is 0 Å². The lowest BCUT2D eigenvalue weighted by Gasteiger charge is -2.15. The molecule has 0 aliphatic carbocycles. The van der Waals surface area contributed by atoms with Gasteiger partial charge < -0.3 is 10.1 Å². The fourth-order valence-electron chi connectivity index (χ4n) is 3.62. The molecule has 1 aromatic carbocycles. The van der Waals surface area contributed by atoms with Crippen molar-refractivity contribution in [2.75, 3.05) is 0 Å². The number of ether oxygens (including phenoxy) is 1.